The summed E-state index contributed by atoms with van der Waals surface area (Å²) in [6.07, 6.45) is 8.89. The molecule has 3 N–H and O–H groups in total. The van der Waals surface area contributed by atoms with Crippen LogP contribution in [0, 0.1) is 18.3 Å². The van der Waals surface area contributed by atoms with Crippen LogP contribution in [0.15, 0.2) is 29.3 Å². The average Bonchev–Trinajstić information content (AvgIpc) is 3.47. The van der Waals surface area contributed by atoms with Crippen LogP contribution in [0.4, 0.5) is 5.69 Å². The van der Waals surface area contributed by atoms with Gasteiger partial charge in [-0.15, -0.1) is 30.4 Å². The first-order chi connectivity index (χ1) is 12.7. The Morgan fingerprint density at radius 2 is 2.19 bits per heavy atom. The zero-order valence-corrected chi connectivity index (χ0v) is 18.1. The Bertz CT molecular complexity index is 654. The topological polar surface area (TPSA) is 74.8 Å². The summed E-state index contributed by atoms with van der Waals surface area (Å²) in [7, 11) is 0. The van der Waals surface area contributed by atoms with Crippen LogP contribution in [0.5, 0.6) is 0 Å². The molecule has 1 aromatic carbocycles. The van der Waals surface area contributed by atoms with Crippen LogP contribution in [0.2, 0.25) is 0 Å². The molecule has 0 aromatic heterocycles. The summed E-state index contributed by atoms with van der Waals surface area (Å²) in [4.78, 5) is 16.4. The fourth-order valence-corrected chi connectivity index (χ4v) is 2.30. The smallest absolute Gasteiger partial charge is 0.246 e. The minimum absolute atomic E-state index is 0. The lowest BCUT2D eigenvalue weighted by atomic mass is 10.2. The van der Waals surface area contributed by atoms with E-state index < -0.39 is 0 Å². The van der Waals surface area contributed by atoms with E-state index in [-0.39, 0.29) is 36.4 Å². The fourth-order valence-electron chi connectivity index (χ4n) is 2.30. The van der Waals surface area contributed by atoms with E-state index in [0.29, 0.717) is 11.6 Å². The fraction of sp³-hybridized carbons (Fsp3) is 0.500. The highest BCUT2D eigenvalue weighted by Gasteiger charge is 2.20. The normalized spacial score (nSPS) is 13.3. The lowest BCUT2D eigenvalue weighted by Gasteiger charge is -2.11. The highest BCUT2D eigenvalue weighted by molar-refractivity contribution is 14.0. The van der Waals surface area contributed by atoms with Gasteiger partial charge < -0.3 is 20.7 Å². The van der Waals surface area contributed by atoms with Gasteiger partial charge >= 0.3 is 0 Å². The molecule has 6 nitrogen and oxygen atoms in total. The van der Waals surface area contributed by atoms with Crippen molar-refractivity contribution >= 4 is 41.5 Å². The van der Waals surface area contributed by atoms with E-state index >= 15 is 0 Å². The Morgan fingerprint density at radius 3 is 2.89 bits per heavy atom. The number of aliphatic imine (C=N–C) groups is 1. The molecule has 148 valence electrons. The first-order valence-electron chi connectivity index (χ1n) is 9.17. The summed E-state index contributed by atoms with van der Waals surface area (Å²) in [5, 5.41) is 9.14. The number of carbonyl (C=O) groups is 1. The van der Waals surface area contributed by atoms with Gasteiger partial charge in [-0.2, -0.15) is 0 Å². The van der Waals surface area contributed by atoms with Gasteiger partial charge in [0.05, 0.1) is 0 Å². The molecule has 1 aromatic rings. The molecule has 1 aliphatic carbocycles. The summed E-state index contributed by atoms with van der Waals surface area (Å²) < 4.78 is 5.60. The minimum atomic E-state index is -0.191. The summed E-state index contributed by atoms with van der Waals surface area (Å²) in [6.45, 7) is 5.14. The molecule has 1 fully saturated rings. The van der Waals surface area contributed by atoms with Crippen LogP contribution >= 0.6 is 24.0 Å². The van der Waals surface area contributed by atoms with Crippen LogP contribution in [-0.2, 0) is 9.53 Å². The van der Waals surface area contributed by atoms with Crippen molar-refractivity contribution in [2.45, 2.75) is 26.2 Å². The number of ether oxygens (including phenoxy) is 1. The Morgan fingerprint density at radius 1 is 1.37 bits per heavy atom. The van der Waals surface area contributed by atoms with Crippen molar-refractivity contribution < 1.29 is 9.53 Å². The number of carbonyl (C=O) groups excluding carboxylic acids is 1. The summed E-state index contributed by atoms with van der Waals surface area (Å²) >= 11 is 0. The number of benzene rings is 1. The number of anilines is 1. The molecule has 0 unspecified atom stereocenters. The largest absolute Gasteiger partial charge is 0.381 e. The summed E-state index contributed by atoms with van der Waals surface area (Å²) in [5.74, 6) is 3.78. The number of rotatable bonds is 10. The highest BCUT2D eigenvalue weighted by Crippen LogP contribution is 2.28. The second-order valence-corrected chi connectivity index (χ2v) is 6.27. The third kappa shape index (κ3) is 10.2. The molecule has 0 atom stereocenters. The van der Waals surface area contributed by atoms with Crippen molar-refractivity contribution in [2.75, 3.05) is 38.2 Å². The van der Waals surface area contributed by atoms with Crippen LogP contribution < -0.4 is 16.0 Å². The van der Waals surface area contributed by atoms with Crippen LogP contribution in [-0.4, -0.2) is 44.7 Å². The van der Waals surface area contributed by atoms with Gasteiger partial charge in [-0.25, -0.2) is 4.99 Å². The number of amides is 1. The molecule has 0 bridgehead atoms. The lowest BCUT2D eigenvalue weighted by molar-refractivity contribution is -0.114. The van der Waals surface area contributed by atoms with Gasteiger partial charge in [0.25, 0.3) is 0 Å². The second-order valence-electron chi connectivity index (χ2n) is 6.27. The highest BCUT2D eigenvalue weighted by atomic mass is 127. The standard InChI is InChI=1S/C20H28N4O2.HI/c1-3-16-7-5-8-18(13-16)24-19(25)14-23-20(21-4-2)22-11-6-12-26-15-17-9-10-17;/h1,5,7-8,13,17H,4,6,9-12,14-15H2,2H3,(H,24,25)(H2,21,22,23);1H. The second kappa shape index (κ2) is 13.4. The Balaban J connectivity index is 0.00000364. The number of halogens is 1. The van der Waals surface area contributed by atoms with Gasteiger partial charge in [-0.1, -0.05) is 12.0 Å². The Kier molecular flexibility index (Phi) is 11.5. The van der Waals surface area contributed by atoms with Crippen molar-refractivity contribution in [1.29, 1.82) is 0 Å². The molecule has 1 aliphatic rings. The molecular formula is C20H29IN4O2. The molecule has 0 aliphatic heterocycles. The predicted molar refractivity (Wildman–Crippen MR) is 121 cm³/mol. The van der Waals surface area contributed by atoms with Crippen molar-refractivity contribution in [2.24, 2.45) is 10.9 Å². The van der Waals surface area contributed by atoms with Gasteiger partial charge in [-0.3, -0.25) is 4.79 Å². The molecule has 0 heterocycles. The van der Waals surface area contributed by atoms with Crippen LogP contribution in [0.25, 0.3) is 0 Å². The number of hydrogen-bond donors (Lipinski definition) is 3. The van der Waals surface area contributed by atoms with Crippen LogP contribution in [0.3, 0.4) is 0 Å². The number of nitrogens with zero attached hydrogens (tertiary/aromatic N) is 1. The third-order valence-electron chi connectivity index (χ3n) is 3.85. The van der Waals surface area contributed by atoms with Crippen molar-refractivity contribution in [1.82, 2.24) is 10.6 Å². The number of hydrogen-bond acceptors (Lipinski definition) is 3. The lowest BCUT2D eigenvalue weighted by Crippen LogP contribution is -2.38. The number of terminal acetylenes is 1. The molecule has 1 amide bonds. The summed E-state index contributed by atoms with van der Waals surface area (Å²) in [6, 6.07) is 7.18. The maximum Gasteiger partial charge on any atom is 0.246 e. The van der Waals surface area contributed by atoms with E-state index in [4.69, 9.17) is 11.2 Å². The van der Waals surface area contributed by atoms with Gasteiger partial charge in [0.1, 0.15) is 6.54 Å². The molecule has 27 heavy (non-hydrogen) atoms. The molecule has 0 saturated heterocycles. The molecule has 7 heteroatoms. The first-order valence-corrected chi connectivity index (χ1v) is 9.17. The van der Waals surface area contributed by atoms with E-state index in [1.54, 1.807) is 12.1 Å². The summed E-state index contributed by atoms with van der Waals surface area (Å²) in [5.41, 5.74) is 1.40. The van der Waals surface area contributed by atoms with Gasteiger partial charge in [0.15, 0.2) is 5.96 Å². The zero-order valence-electron chi connectivity index (χ0n) is 15.8. The van der Waals surface area contributed by atoms with Gasteiger partial charge in [0.2, 0.25) is 5.91 Å². The molecule has 0 spiro atoms. The monoisotopic (exact) mass is 484 g/mol. The predicted octanol–water partition coefficient (Wildman–Crippen LogP) is 2.60. The van der Waals surface area contributed by atoms with E-state index in [1.165, 1.54) is 12.8 Å². The third-order valence-corrected chi connectivity index (χ3v) is 3.85. The Labute approximate surface area is 178 Å². The molecule has 0 radical (unpaired) electrons. The van der Waals surface area contributed by atoms with Crippen LogP contribution in [0.1, 0.15) is 31.7 Å². The molecule has 2 rings (SSSR count). The Hall–Kier alpha value is -1.79. The van der Waals surface area contributed by atoms with E-state index in [0.717, 1.165) is 44.2 Å². The maximum absolute atomic E-state index is 12.1. The van der Waals surface area contributed by atoms with Crippen molar-refractivity contribution in [3.63, 3.8) is 0 Å². The number of nitrogens with one attached hydrogen (secondary N) is 3. The van der Waals surface area contributed by atoms with Crippen molar-refractivity contribution in [3.05, 3.63) is 29.8 Å². The van der Waals surface area contributed by atoms with Crippen molar-refractivity contribution in [3.8, 4) is 12.3 Å². The average molecular weight is 484 g/mol. The molecular weight excluding hydrogens is 455 g/mol. The van der Waals surface area contributed by atoms with E-state index in [9.17, 15) is 4.79 Å². The van der Waals surface area contributed by atoms with E-state index in [2.05, 4.69) is 26.9 Å². The van der Waals surface area contributed by atoms with Gasteiger partial charge in [0, 0.05) is 37.6 Å². The van der Waals surface area contributed by atoms with Gasteiger partial charge in [-0.05, 0) is 50.3 Å². The molecule has 1 saturated carbocycles. The van der Waals surface area contributed by atoms with E-state index in [1.807, 2.05) is 19.1 Å². The SMILES string of the molecule is C#Cc1cccc(NC(=O)CN=C(NCC)NCCCOCC2CC2)c1.I. The quantitative estimate of drug-likeness (QED) is 0.157. The maximum atomic E-state index is 12.1. The first kappa shape index (κ1) is 23.2. The number of guanidine groups is 1. The minimum Gasteiger partial charge on any atom is -0.381 e. The zero-order chi connectivity index (χ0) is 18.6.